The molecule has 36 heavy (non-hydrogen) atoms. The van der Waals surface area contributed by atoms with Crippen LogP contribution >= 0.6 is 11.6 Å². The molecule has 0 aliphatic carbocycles. The normalized spacial score (nSPS) is 10.9. The fraction of sp³-hybridized carbons (Fsp3) is 0.222. The predicted octanol–water partition coefficient (Wildman–Crippen LogP) is 3.24. The van der Waals surface area contributed by atoms with Gasteiger partial charge in [-0.15, -0.1) is 0 Å². The molecule has 1 amide bonds. The number of halogens is 1. The van der Waals surface area contributed by atoms with Gasteiger partial charge in [-0.1, -0.05) is 48.0 Å². The number of amides is 1. The van der Waals surface area contributed by atoms with Gasteiger partial charge in [0.25, 0.3) is 5.56 Å². The van der Waals surface area contributed by atoms with Gasteiger partial charge in [0.1, 0.15) is 6.54 Å². The molecule has 0 unspecified atom stereocenters. The van der Waals surface area contributed by atoms with Crippen LogP contribution in [0.15, 0.2) is 76.3 Å². The number of benzene rings is 3. The summed E-state index contributed by atoms with van der Waals surface area (Å²) >= 11 is 6.14. The van der Waals surface area contributed by atoms with Crippen LogP contribution in [0.5, 0.6) is 11.5 Å². The van der Waals surface area contributed by atoms with Gasteiger partial charge in [-0.25, -0.2) is 4.79 Å². The Balaban J connectivity index is 1.57. The number of nitrogens with zero attached hydrogens (tertiary/aromatic N) is 2. The van der Waals surface area contributed by atoms with Gasteiger partial charge in [0, 0.05) is 11.6 Å². The molecule has 0 saturated heterocycles. The van der Waals surface area contributed by atoms with Crippen molar-refractivity contribution in [2.75, 3.05) is 20.8 Å². The number of hydrogen-bond acceptors (Lipinski definition) is 5. The molecule has 4 rings (SSSR count). The summed E-state index contributed by atoms with van der Waals surface area (Å²) in [4.78, 5) is 39.3. The molecule has 8 nitrogen and oxygen atoms in total. The van der Waals surface area contributed by atoms with Crippen LogP contribution in [0.4, 0.5) is 0 Å². The second-order valence-corrected chi connectivity index (χ2v) is 8.63. The molecule has 0 saturated carbocycles. The summed E-state index contributed by atoms with van der Waals surface area (Å²) in [7, 11) is 3.14. The van der Waals surface area contributed by atoms with Crippen molar-refractivity contribution >= 4 is 28.4 Å². The molecule has 0 radical (unpaired) electrons. The highest BCUT2D eigenvalue weighted by Crippen LogP contribution is 2.27. The van der Waals surface area contributed by atoms with Crippen LogP contribution in [0.3, 0.4) is 0 Å². The molecule has 186 valence electrons. The molecule has 0 fully saturated rings. The number of carbonyl (C=O) groups is 1. The van der Waals surface area contributed by atoms with Gasteiger partial charge in [-0.2, -0.15) is 0 Å². The number of hydrogen-bond donors (Lipinski definition) is 1. The first-order chi connectivity index (χ1) is 17.4. The average Bonchev–Trinajstić information content (AvgIpc) is 2.89. The van der Waals surface area contributed by atoms with Crippen molar-refractivity contribution in [1.82, 2.24) is 14.5 Å². The highest BCUT2D eigenvalue weighted by molar-refractivity contribution is 6.31. The zero-order valence-corrected chi connectivity index (χ0v) is 20.7. The summed E-state index contributed by atoms with van der Waals surface area (Å²) in [6.07, 6.45) is 0.560. The van der Waals surface area contributed by atoms with E-state index in [9.17, 15) is 14.4 Å². The van der Waals surface area contributed by atoms with Crippen molar-refractivity contribution in [2.24, 2.45) is 0 Å². The van der Waals surface area contributed by atoms with E-state index in [1.807, 2.05) is 48.5 Å². The number of aromatic nitrogens is 2. The molecular formula is C27H26ClN3O5. The molecule has 0 bridgehead atoms. The molecule has 1 N–H and O–H groups in total. The SMILES string of the molecule is COc1ccc(CCNC(=O)Cn2c(=O)n(Cc3ccccc3)c(=O)c3cc(Cl)ccc32)cc1OC. The molecule has 9 heteroatoms. The first-order valence-electron chi connectivity index (χ1n) is 11.4. The second kappa shape index (κ2) is 11.1. The van der Waals surface area contributed by atoms with Crippen LogP contribution in [-0.4, -0.2) is 35.8 Å². The Hall–Kier alpha value is -4.04. The number of methoxy groups -OCH3 is 2. The first-order valence-corrected chi connectivity index (χ1v) is 11.7. The topological polar surface area (TPSA) is 91.6 Å². The van der Waals surface area contributed by atoms with Crippen molar-refractivity contribution in [3.05, 3.63) is 104 Å². The molecule has 3 aromatic carbocycles. The van der Waals surface area contributed by atoms with E-state index in [1.165, 1.54) is 10.6 Å². The van der Waals surface area contributed by atoms with Gasteiger partial charge in [0.05, 0.1) is 31.7 Å². The fourth-order valence-corrected chi connectivity index (χ4v) is 4.21. The van der Waals surface area contributed by atoms with Crippen molar-refractivity contribution in [2.45, 2.75) is 19.5 Å². The standard InChI is InChI=1S/C27H26ClN3O5/c1-35-23-11-8-18(14-24(23)36-2)12-13-29-25(32)17-30-22-10-9-20(28)15-21(22)26(33)31(27(30)34)16-19-6-4-3-5-7-19/h3-11,14-15H,12-13,16-17H2,1-2H3,(H,29,32). The van der Waals surface area contributed by atoms with Gasteiger partial charge in [0.15, 0.2) is 11.5 Å². The first kappa shape index (κ1) is 25.1. The van der Waals surface area contributed by atoms with E-state index in [4.69, 9.17) is 21.1 Å². The van der Waals surface area contributed by atoms with E-state index in [0.717, 1.165) is 15.7 Å². The summed E-state index contributed by atoms with van der Waals surface area (Å²) in [5, 5.41) is 3.49. The average molecular weight is 508 g/mol. The Morgan fingerprint density at radius 2 is 1.64 bits per heavy atom. The summed E-state index contributed by atoms with van der Waals surface area (Å²) in [5.41, 5.74) is 1.10. The van der Waals surface area contributed by atoms with E-state index in [-0.39, 0.29) is 24.4 Å². The minimum atomic E-state index is -0.561. The van der Waals surface area contributed by atoms with Crippen LogP contribution in [0, 0.1) is 0 Å². The van der Waals surface area contributed by atoms with Crippen molar-refractivity contribution in [3.63, 3.8) is 0 Å². The lowest BCUT2D eigenvalue weighted by atomic mass is 10.1. The summed E-state index contributed by atoms with van der Waals surface area (Å²) in [6, 6.07) is 19.5. The molecule has 0 atom stereocenters. The minimum Gasteiger partial charge on any atom is -0.493 e. The maximum atomic E-state index is 13.3. The third-order valence-corrected chi connectivity index (χ3v) is 6.09. The smallest absolute Gasteiger partial charge is 0.332 e. The van der Waals surface area contributed by atoms with E-state index in [0.29, 0.717) is 35.0 Å². The van der Waals surface area contributed by atoms with Gasteiger partial charge >= 0.3 is 5.69 Å². The van der Waals surface area contributed by atoms with Crippen molar-refractivity contribution < 1.29 is 14.3 Å². The summed E-state index contributed by atoms with van der Waals surface area (Å²) < 4.78 is 13.0. The van der Waals surface area contributed by atoms with Crippen LogP contribution in [-0.2, 0) is 24.3 Å². The highest BCUT2D eigenvalue weighted by Gasteiger charge is 2.16. The molecule has 4 aromatic rings. The van der Waals surface area contributed by atoms with E-state index in [1.54, 1.807) is 26.4 Å². The molecular weight excluding hydrogens is 482 g/mol. The monoisotopic (exact) mass is 507 g/mol. The maximum Gasteiger partial charge on any atom is 0.332 e. The van der Waals surface area contributed by atoms with Crippen LogP contribution in [0.2, 0.25) is 5.02 Å². The van der Waals surface area contributed by atoms with Gasteiger partial charge < -0.3 is 14.8 Å². The Morgan fingerprint density at radius 3 is 2.36 bits per heavy atom. The van der Waals surface area contributed by atoms with E-state index < -0.39 is 11.2 Å². The Kier molecular flexibility index (Phi) is 7.75. The number of carbonyl (C=O) groups excluding carboxylic acids is 1. The highest BCUT2D eigenvalue weighted by atomic mass is 35.5. The number of rotatable bonds is 9. The lowest BCUT2D eigenvalue weighted by Gasteiger charge is -2.15. The maximum absolute atomic E-state index is 13.3. The molecule has 0 aliphatic rings. The summed E-state index contributed by atoms with van der Waals surface area (Å²) in [5.74, 6) is 0.889. The van der Waals surface area contributed by atoms with Crippen molar-refractivity contribution in [1.29, 1.82) is 0 Å². The molecule has 0 spiro atoms. The third-order valence-electron chi connectivity index (χ3n) is 5.86. The van der Waals surface area contributed by atoms with E-state index >= 15 is 0 Å². The van der Waals surface area contributed by atoms with Gasteiger partial charge in [-0.05, 0) is 47.9 Å². The molecule has 0 aliphatic heterocycles. The molecule has 1 aromatic heterocycles. The van der Waals surface area contributed by atoms with Crippen LogP contribution < -0.4 is 26.0 Å². The third kappa shape index (κ3) is 5.44. The van der Waals surface area contributed by atoms with Crippen LogP contribution in [0.25, 0.3) is 10.9 Å². The Morgan fingerprint density at radius 1 is 0.889 bits per heavy atom. The van der Waals surface area contributed by atoms with E-state index in [2.05, 4.69) is 5.32 Å². The van der Waals surface area contributed by atoms with Gasteiger partial charge in [0.2, 0.25) is 5.91 Å². The second-order valence-electron chi connectivity index (χ2n) is 8.20. The number of nitrogens with one attached hydrogen (secondary N) is 1. The largest absolute Gasteiger partial charge is 0.493 e. The summed E-state index contributed by atoms with van der Waals surface area (Å²) in [6.45, 7) is 0.205. The van der Waals surface area contributed by atoms with Gasteiger partial charge in [-0.3, -0.25) is 18.7 Å². The molecule has 1 heterocycles. The number of ether oxygens (including phenoxy) is 2. The minimum absolute atomic E-state index is 0.0852. The van der Waals surface area contributed by atoms with Crippen molar-refractivity contribution in [3.8, 4) is 11.5 Å². The zero-order chi connectivity index (χ0) is 25.7. The fourth-order valence-electron chi connectivity index (χ4n) is 4.04. The van der Waals surface area contributed by atoms with Crippen LogP contribution in [0.1, 0.15) is 11.1 Å². The zero-order valence-electron chi connectivity index (χ0n) is 20.0. The predicted molar refractivity (Wildman–Crippen MR) is 139 cm³/mol. The Labute approximate surface area is 212 Å². The lowest BCUT2D eigenvalue weighted by molar-refractivity contribution is -0.121. The lowest BCUT2D eigenvalue weighted by Crippen LogP contribution is -2.43. The Bertz CT molecular complexity index is 1510. The number of fused-ring (bicyclic) bond motifs is 1. The quantitative estimate of drug-likeness (QED) is 0.375.